The zero-order chi connectivity index (χ0) is 52.9. The molecular weight excluding hydrogens is 1230 g/mol. The van der Waals surface area contributed by atoms with Gasteiger partial charge >= 0.3 is 11.4 Å². The van der Waals surface area contributed by atoms with E-state index >= 15 is 0 Å². The number of aliphatic hydroxyl groups excluding tert-OH is 1. The summed E-state index contributed by atoms with van der Waals surface area (Å²) in [5.41, 5.74) is 6.53. The van der Waals surface area contributed by atoms with Gasteiger partial charge in [-0.05, 0) is 114 Å². The maximum atomic E-state index is 13.4. The van der Waals surface area contributed by atoms with Gasteiger partial charge in [0.25, 0.3) is 0 Å². The smallest absolute Gasteiger partial charge is 0.335 e. The summed E-state index contributed by atoms with van der Waals surface area (Å²) in [5, 5.41) is 17.6. The number of rotatable bonds is 17. The van der Waals surface area contributed by atoms with Crippen LogP contribution in [-0.4, -0.2) is 66.2 Å². The molecule has 0 radical (unpaired) electrons. The Balaban J connectivity index is 0.000000158. The van der Waals surface area contributed by atoms with Gasteiger partial charge in [-0.2, -0.15) is 0 Å². The van der Waals surface area contributed by atoms with Gasteiger partial charge in [0.05, 0.1) is 61.0 Å². The highest BCUT2D eigenvalue weighted by Gasteiger charge is 2.23. The lowest BCUT2D eigenvalue weighted by atomic mass is 10.2. The fourth-order valence-corrected chi connectivity index (χ4v) is 105. The number of aliphatic hydroxyl groups is 1. The normalized spacial score (nSPS) is 12.1. The van der Waals surface area contributed by atoms with Gasteiger partial charge in [-0.3, -0.25) is 23.3 Å². The van der Waals surface area contributed by atoms with Crippen molar-refractivity contribution in [1.82, 2.24) is 47.8 Å². The molecule has 0 fully saturated rings. The van der Waals surface area contributed by atoms with E-state index in [1.165, 1.54) is 22.7 Å². The van der Waals surface area contributed by atoms with Gasteiger partial charge in [-0.15, -0.1) is 76.2 Å². The number of nitrogens with one attached hydrogen (secondary N) is 1. The van der Waals surface area contributed by atoms with Crippen LogP contribution in [0, 0.1) is 0 Å². The Bertz CT molecular complexity index is 3500. The van der Waals surface area contributed by atoms with Crippen molar-refractivity contribution >= 4 is 179 Å². The average molecular weight is 1280 g/mol. The predicted octanol–water partition coefficient (Wildman–Crippen LogP) is 15.7. The van der Waals surface area contributed by atoms with Crippen molar-refractivity contribution in [1.29, 1.82) is 0 Å². The van der Waals surface area contributed by atoms with E-state index in [1.54, 1.807) is 56.9 Å². The molecule has 0 bridgehead atoms. The van der Waals surface area contributed by atoms with Crippen molar-refractivity contribution < 1.29 is 13.9 Å². The maximum absolute atomic E-state index is 13.4. The fraction of sp³-hybridized carbons (Fsp3) is 0.227. The molecule has 74 heavy (non-hydrogen) atoms. The Morgan fingerprint density at radius 1 is 0.649 bits per heavy atom. The lowest BCUT2D eigenvalue weighted by molar-refractivity contribution is 0.270. The van der Waals surface area contributed by atoms with E-state index in [0.29, 0.717) is 52.7 Å². The van der Waals surface area contributed by atoms with Crippen molar-refractivity contribution in [2.24, 2.45) is 0 Å². The van der Waals surface area contributed by atoms with Gasteiger partial charge in [-0.25, -0.2) is 28.7 Å². The van der Waals surface area contributed by atoms with Crippen LogP contribution in [0.3, 0.4) is 0 Å². The summed E-state index contributed by atoms with van der Waals surface area (Å²) in [6.07, 6.45) is 12.6. The zero-order valence-electron chi connectivity index (χ0n) is 39.3. The van der Waals surface area contributed by atoms with Gasteiger partial charge in [0.2, 0.25) is 0 Å². The molecule has 8 unspecified atom stereocenters. The summed E-state index contributed by atoms with van der Waals surface area (Å²) in [6, 6.07) is 19.0. The summed E-state index contributed by atoms with van der Waals surface area (Å²) in [4.78, 5) is 44.4. The van der Waals surface area contributed by atoms with E-state index in [9.17, 15) is 23.5 Å². The minimum absolute atomic E-state index is 0.0120. The number of aryl methyl sites for hydroxylation is 2. The number of imidazole rings is 2. The summed E-state index contributed by atoms with van der Waals surface area (Å²) in [6.45, 7) is 1.88. The second kappa shape index (κ2) is 29.8. The SMILES string of the molecule is O=c1[nH]c2cnccc2n1-c1nccs1.O=c1n(Cc2cc3cc(Cl)ccc3n2CCCCF)c2cnccc2n1-c1nccs1.OCc1cc2cc(Cl)ccc2n1CCCCF.PPP(P)P(P(P)P)P(P)P. The first kappa shape index (κ1) is 60.4. The molecule has 0 aliphatic rings. The van der Waals surface area contributed by atoms with Crippen molar-refractivity contribution in [3.63, 3.8) is 0 Å². The Hall–Kier alpha value is -1.25. The second-order valence-electron chi connectivity index (χ2n) is 15.8. The molecule has 0 spiro atoms. The van der Waals surface area contributed by atoms with Crippen LogP contribution in [0.5, 0.6) is 0 Å². The van der Waals surface area contributed by atoms with Crippen molar-refractivity contribution in [3.05, 3.63) is 151 Å². The van der Waals surface area contributed by atoms with Crippen LogP contribution in [0.25, 0.3) is 54.1 Å². The topological polar surface area (TPSA) is 146 Å². The molecule has 0 aliphatic heterocycles. The average Bonchev–Trinajstić information content (AvgIpc) is 4.27. The Morgan fingerprint density at radius 2 is 1.19 bits per heavy atom. The van der Waals surface area contributed by atoms with Gasteiger partial charge < -0.3 is 19.2 Å². The molecule has 2 N–H and O–H groups in total. The Labute approximate surface area is 463 Å². The van der Waals surface area contributed by atoms with Gasteiger partial charge in [0.1, 0.15) is 0 Å². The van der Waals surface area contributed by atoms with E-state index in [4.69, 9.17) is 23.2 Å². The molecular formula is C44H53Cl2F2N10O3P11S2. The highest BCUT2D eigenvalue weighted by atomic mass is 35.5. The third kappa shape index (κ3) is 15.1. The summed E-state index contributed by atoms with van der Waals surface area (Å²) in [7, 11) is 18.9. The van der Waals surface area contributed by atoms with Crippen molar-refractivity contribution in [2.75, 3.05) is 13.3 Å². The minimum Gasteiger partial charge on any atom is -0.390 e. The number of alkyl halides is 2. The van der Waals surface area contributed by atoms with Crippen molar-refractivity contribution in [2.45, 2.75) is 51.9 Å². The molecule has 13 nitrogen and oxygen atoms in total. The van der Waals surface area contributed by atoms with Crippen LogP contribution < -0.4 is 11.4 Å². The van der Waals surface area contributed by atoms with Gasteiger partial charge in [0, 0.05) is 91.9 Å². The quantitative estimate of drug-likeness (QED) is 0.0682. The van der Waals surface area contributed by atoms with E-state index in [0.717, 1.165) is 76.2 Å². The number of benzene rings is 2. The van der Waals surface area contributed by atoms with E-state index in [1.807, 2.05) is 69.9 Å². The van der Waals surface area contributed by atoms with Crippen LogP contribution in [-0.2, 0) is 26.2 Å². The number of aromatic nitrogens is 10. The fourth-order valence-electron chi connectivity index (χ4n) is 7.91. The predicted molar refractivity (Wildman–Crippen MR) is 342 cm³/mol. The molecule has 30 heteroatoms. The first-order valence-corrected chi connectivity index (χ1v) is 44.1. The van der Waals surface area contributed by atoms with Gasteiger partial charge in [0.15, 0.2) is 10.3 Å². The number of H-pyrrole nitrogens is 1. The minimum atomic E-state index is -0.340. The largest absolute Gasteiger partial charge is 0.390 e. The number of hydrogen-bond acceptors (Lipinski definition) is 9. The van der Waals surface area contributed by atoms with Crippen LogP contribution in [0.1, 0.15) is 37.1 Å². The molecule has 0 saturated heterocycles. The first-order chi connectivity index (χ1) is 35.8. The molecule has 8 aromatic heterocycles. The van der Waals surface area contributed by atoms with Gasteiger partial charge in [-0.1, -0.05) is 31.2 Å². The number of halogens is 4. The maximum Gasteiger partial charge on any atom is 0.335 e. The van der Waals surface area contributed by atoms with Crippen LogP contribution >= 0.6 is 135 Å². The lowest BCUT2D eigenvalue weighted by Gasteiger charge is -2.29. The number of unbranched alkanes of at least 4 members (excludes halogenated alkanes) is 2. The first-order valence-electron chi connectivity index (χ1n) is 22.4. The number of nitrogens with zero attached hydrogens (tertiary/aromatic N) is 9. The monoisotopic (exact) mass is 1280 g/mol. The summed E-state index contributed by atoms with van der Waals surface area (Å²) < 4.78 is 33.9. The number of hydrogen-bond donors (Lipinski definition) is 2. The molecule has 0 saturated carbocycles. The molecule has 0 aliphatic carbocycles. The number of aromatic amines is 1. The highest BCUT2D eigenvalue weighted by molar-refractivity contribution is 9.18. The zero-order valence-corrected chi connectivity index (χ0v) is 54.0. The molecule has 2 aromatic carbocycles. The van der Waals surface area contributed by atoms with E-state index < -0.39 is 0 Å². The van der Waals surface area contributed by atoms with E-state index in [-0.39, 0.29) is 59.3 Å². The molecule has 10 rings (SSSR count). The second-order valence-corrected chi connectivity index (χ2v) is 57.5. The van der Waals surface area contributed by atoms with Crippen LogP contribution in [0.4, 0.5) is 8.78 Å². The number of fused-ring (bicyclic) bond motifs is 4. The van der Waals surface area contributed by atoms with E-state index in [2.05, 4.69) is 83.1 Å². The number of thiazole rings is 2. The highest BCUT2D eigenvalue weighted by Crippen LogP contribution is 3.12. The Morgan fingerprint density at radius 3 is 1.70 bits per heavy atom. The molecule has 10 aromatic rings. The number of pyridine rings is 2. The van der Waals surface area contributed by atoms with Crippen LogP contribution in [0.2, 0.25) is 10.0 Å². The van der Waals surface area contributed by atoms with Crippen molar-refractivity contribution in [3.8, 4) is 10.3 Å². The third-order valence-corrected chi connectivity index (χ3v) is 72.1. The Kier molecular flexibility index (Phi) is 24.3. The molecule has 0 amide bonds. The van der Waals surface area contributed by atoms with Crippen LogP contribution in [0.15, 0.2) is 118 Å². The summed E-state index contributed by atoms with van der Waals surface area (Å²) >= 11 is 15.0. The lowest BCUT2D eigenvalue weighted by Crippen LogP contribution is -2.24. The molecule has 392 valence electrons. The molecule has 8 heterocycles. The third-order valence-electron chi connectivity index (χ3n) is 11.1. The summed E-state index contributed by atoms with van der Waals surface area (Å²) in [5.74, 6) is 0. The standard InChI is InChI=1S/C22H19ClFN5OS.C13H15ClFNO.C9H6N4OS.H13P11/c23-16-3-4-18-15(11-16)12-17(27(18)9-2-1-6-24)14-28-20-13-25-7-5-19(20)29(22(28)30)21-26-8-10-31-21;14-11-3-4-13-10(7-11)8-12(9-17)16(13)6-2-1-5-15;14-8-12-6-5-10-2-1-7(6)13(8)9-11-3-4-15-9;1-7-10(6)11(8(2)3)9(4)5/h3-5,7-8,10-13H,1-2,6,9,14H2;3-4,7-8,17H,1-2,5-6,9H2;1-5H,(H,12,14);7H,1-6H2. The molecule has 8 atom stereocenters.